The van der Waals surface area contributed by atoms with Crippen LogP contribution in [0.15, 0.2) is 36.9 Å². The van der Waals surface area contributed by atoms with Crippen LogP contribution in [-0.2, 0) is 11.3 Å². The second kappa shape index (κ2) is 6.78. The maximum atomic E-state index is 12.5. The van der Waals surface area contributed by atoms with Crippen molar-refractivity contribution in [1.29, 1.82) is 0 Å². The first-order chi connectivity index (χ1) is 10.1. The molecule has 1 aromatic carbocycles. The van der Waals surface area contributed by atoms with E-state index in [1.165, 1.54) is 11.0 Å². The molecule has 1 aliphatic heterocycles. The summed E-state index contributed by atoms with van der Waals surface area (Å²) in [4.78, 5) is 26.2. The maximum Gasteiger partial charge on any atom is 0.323 e. The predicted octanol–water partition coefficient (Wildman–Crippen LogP) is 1.57. The van der Waals surface area contributed by atoms with Crippen molar-refractivity contribution in [2.24, 2.45) is 0 Å². The second-order valence-electron chi connectivity index (χ2n) is 4.72. The number of amides is 2. The molecule has 1 N–H and O–H groups in total. The molecule has 1 aliphatic rings. The third kappa shape index (κ3) is 3.75. The van der Waals surface area contributed by atoms with E-state index in [9.17, 15) is 9.59 Å². The third-order valence-corrected chi connectivity index (χ3v) is 3.17. The largest absolute Gasteiger partial charge is 0.491 e. The van der Waals surface area contributed by atoms with E-state index in [1.807, 2.05) is 24.3 Å². The zero-order valence-electron chi connectivity index (χ0n) is 11.7. The van der Waals surface area contributed by atoms with E-state index in [0.717, 1.165) is 11.3 Å². The van der Waals surface area contributed by atoms with Gasteiger partial charge in [0.05, 0.1) is 13.1 Å². The SMILES string of the molecule is C=CCN(CC(=O)O)C(=O)N1CCOc2ccccc2C1. The van der Waals surface area contributed by atoms with Crippen molar-refractivity contribution in [2.75, 3.05) is 26.2 Å². The van der Waals surface area contributed by atoms with Gasteiger partial charge in [-0.1, -0.05) is 24.3 Å². The molecule has 0 unspecified atom stereocenters. The second-order valence-corrected chi connectivity index (χ2v) is 4.72. The van der Waals surface area contributed by atoms with Crippen molar-refractivity contribution < 1.29 is 19.4 Å². The molecular formula is C15H18N2O4. The lowest BCUT2D eigenvalue weighted by Gasteiger charge is -2.27. The molecule has 1 heterocycles. The molecular weight excluding hydrogens is 272 g/mol. The number of benzene rings is 1. The molecule has 6 heteroatoms. The molecule has 0 radical (unpaired) electrons. The van der Waals surface area contributed by atoms with Crippen molar-refractivity contribution >= 4 is 12.0 Å². The van der Waals surface area contributed by atoms with E-state index in [1.54, 1.807) is 4.90 Å². The monoisotopic (exact) mass is 290 g/mol. The van der Waals surface area contributed by atoms with Gasteiger partial charge >= 0.3 is 12.0 Å². The van der Waals surface area contributed by atoms with Crippen LogP contribution in [0.2, 0.25) is 0 Å². The molecule has 0 fully saturated rings. The maximum absolute atomic E-state index is 12.5. The van der Waals surface area contributed by atoms with Gasteiger partial charge in [-0.3, -0.25) is 4.79 Å². The highest BCUT2D eigenvalue weighted by Crippen LogP contribution is 2.22. The normalized spacial score (nSPS) is 13.6. The standard InChI is InChI=1S/C15H18N2O4/c1-2-7-16(11-14(18)19)15(20)17-8-9-21-13-6-4-3-5-12(13)10-17/h2-6H,1,7-11H2,(H,18,19). The first-order valence-corrected chi connectivity index (χ1v) is 6.69. The molecule has 2 rings (SSSR count). The lowest BCUT2D eigenvalue weighted by molar-refractivity contribution is -0.137. The van der Waals surface area contributed by atoms with E-state index < -0.39 is 5.97 Å². The first-order valence-electron chi connectivity index (χ1n) is 6.69. The summed E-state index contributed by atoms with van der Waals surface area (Å²) in [5.41, 5.74) is 0.914. The molecule has 2 amide bonds. The Kier molecular flexibility index (Phi) is 4.81. The van der Waals surface area contributed by atoms with Crippen LogP contribution in [0.5, 0.6) is 5.75 Å². The van der Waals surface area contributed by atoms with Gasteiger partial charge in [0.15, 0.2) is 0 Å². The smallest absolute Gasteiger partial charge is 0.323 e. The average molecular weight is 290 g/mol. The highest BCUT2D eigenvalue weighted by molar-refractivity contribution is 5.80. The van der Waals surface area contributed by atoms with Crippen LogP contribution in [0, 0.1) is 0 Å². The number of para-hydroxylation sites is 1. The number of carbonyl (C=O) groups excluding carboxylic acids is 1. The lowest BCUT2D eigenvalue weighted by Crippen LogP contribution is -2.45. The molecule has 6 nitrogen and oxygen atoms in total. The summed E-state index contributed by atoms with van der Waals surface area (Å²) in [6.07, 6.45) is 1.52. The molecule has 0 spiro atoms. The highest BCUT2D eigenvalue weighted by atomic mass is 16.5. The number of rotatable bonds is 4. The number of carboxylic acids is 1. The van der Waals surface area contributed by atoms with Gasteiger partial charge in [-0.05, 0) is 6.07 Å². The number of fused-ring (bicyclic) bond motifs is 1. The zero-order chi connectivity index (χ0) is 15.2. The average Bonchev–Trinajstić information content (AvgIpc) is 2.67. The molecule has 0 atom stereocenters. The molecule has 0 aliphatic carbocycles. The van der Waals surface area contributed by atoms with Crippen LogP contribution in [-0.4, -0.2) is 53.1 Å². The summed E-state index contributed by atoms with van der Waals surface area (Å²) >= 11 is 0. The van der Waals surface area contributed by atoms with Gasteiger partial charge in [0.25, 0.3) is 0 Å². The number of ether oxygens (including phenoxy) is 1. The summed E-state index contributed by atoms with van der Waals surface area (Å²) < 4.78 is 5.60. The van der Waals surface area contributed by atoms with Gasteiger partial charge in [0.2, 0.25) is 0 Å². The number of aliphatic carboxylic acids is 1. The Morgan fingerprint density at radius 3 is 2.90 bits per heavy atom. The van der Waals surface area contributed by atoms with Crippen LogP contribution >= 0.6 is 0 Å². The molecule has 0 saturated carbocycles. The van der Waals surface area contributed by atoms with Gasteiger partial charge in [-0.15, -0.1) is 6.58 Å². The minimum Gasteiger partial charge on any atom is -0.491 e. The molecule has 0 saturated heterocycles. The topological polar surface area (TPSA) is 70.1 Å². The van der Waals surface area contributed by atoms with Gasteiger partial charge in [-0.25, -0.2) is 4.79 Å². The summed E-state index contributed by atoms with van der Waals surface area (Å²) in [5.74, 6) is -0.280. The van der Waals surface area contributed by atoms with Gasteiger partial charge in [0.1, 0.15) is 18.9 Å². The predicted molar refractivity (Wildman–Crippen MR) is 77.1 cm³/mol. The zero-order valence-corrected chi connectivity index (χ0v) is 11.7. The molecule has 21 heavy (non-hydrogen) atoms. The number of carbonyl (C=O) groups is 2. The molecule has 0 aromatic heterocycles. The van der Waals surface area contributed by atoms with E-state index in [-0.39, 0.29) is 19.1 Å². The Morgan fingerprint density at radius 2 is 2.19 bits per heavy atom. The van der Waals surface area contributed by atoms with Crippen LogP contribution in [0.3, 0.4) is 0 Å². The fourth-order valence-electron chi connectivity index (χ4n) is 2.22. The van der Waals surface area contributed by atoms with Crippen LogP contribution < -0.4 is 4.74 Å². The van der Waals surface area contributed by atoms with Gasteiger partial charge in [-0.2, -0.15) is 0 Å². The summed E-state index contributed by atoms with van der Waals surface area (Å²) in [7, 11) is 0. The van der Waals surface area contributed by atoms with Crippen molar-refractivity contribution in [3.8, 4) is 5.75 Å². The fourth-order valence-corrected chi connectivity index (χ4v) is 2.22. The fraction of sp³-hybridized carbons (Fsp3) is 0.333. The van der Waals surface area contributed by atoms with Gasteiger partial charge < -0.3 is 19.6 Å². The van der Waals surface area contributed by atoms with Crippen LogP contribution in [0.1, 0.15) is 5.56 Å². The molecule has 1 aromatic rings. The quantitative estimate of drug-likeness (QED) is 0.855. The van der Waals surface area contributed by atoms with Crippen molar-refractivity contribution in [2.45, 2.75) is 6.54 Å². The number of hydrogen-bond donors (Lipinski definition) is 1. The lowest BCUT2D eigenvalue weighted by atomic mass is 10.2. The Balaban J connectivity index is 2.14. The van der Waals surface area contributed by atoms with Crippen molar-refractivity contribution in [1.82, 2.24) is 9.80 Å². The Hall–Kier alpha value is -2.50. The minimum atomic E-state index is -1.04. The first kappa shape index (κ1) is 14.9. The number of urea groups is 1. The highest BCUT2D eigenvalue weighted by Gasteiger charge is 2.24. The van der Waals surface area contributed by atoms with E-state index in [2.05, 4.69) is 6.58 Å². The minimum absolute atomic E-state index is 0.199. The van der Waals surface area contributed by atoms with E-state index >= 15 is 0 Å². The van der Waals surface area contributed by atoms with E-state index in [4.69, 9.17) is 9.84 Å². The van der Waals surface area contributed by atoms with Crippen molar-refractivity contribution in [3.63, 3.8) is 0 Å². The van der Waals surface area contributed by atoms with Crippen LogP contribution in [0.25, 0.3) is 0 Å². The number of carboxylic acid groups (broad SMARTS) is 1. The Morgan fingerprint density at radius 1 is 1.43 bits per heavy atom. The summed E-state index contributed by atoms with van der Waals surface area (Å²) in [5, 5.41) is 8.90. The number of hydrogen-bond acceptors (Lipinski definition) is 3. The summed E-state index contributed by atoms with van der Waals surface area (Å²) in [6.45, 7) is 4.62. The van der Waals surface area contributed by atoms with E-state index in [0.29, 0.717) is 19.7 Å². The van der Waals surface area contributed by atoms with Crippen LogP contribution in [0.4, 0.5) is 4.79 Å². The Labute approximate surface area is 123 Å². The molecule has 0 bridgehead atoms. The third-order valence-electron chi connectivity index (χ3n) is 3.17. The number of nitrogens with zero attached hydrogens (tertiary/aromatic N) is 2. The van der Waals surface area contributed by atoms with Crippen molar-refractivity contribution in [3.05, 3.63) is 42.5 Å². The van der Waals surface area contributed by atoms with Gasteiger partial charge in [0, 0.05) is 12.1 Å². The Bertz CT molecular complexity index is 544. The molecule has 112 valence electrons. The summed E-state index contributed by atoms with van der Waals surface area (Å²) in [6, 6.07) is 7.20.